The van der Waals surface area contributed by atoms with Crippen molar-refractivity contribution in [2.24, 2.45) is 0 Å². The van der Waals surface area contributed by atoms with E-state index in [9.17, 15) is 0 Å². The van der Waals surface area contributed by atoms with Crippen LogP contribution in [0.5, 0.6) is 0 Å². The van der Waals surface area contributed by atoms with Gasteiger partial charge in [-0.1, -0.05) is 0 Å². The Kier molecular flexibility index (Phi) is 4.55. The van der Waals surface area contributed by atoms with Gasteiger partial charge in [0.15, 0.2) is 0 Å². The summed E-state index contributed by atoms with van der Waals surface area (Å²) in [6, 6.07) is 8.20. The molecule has 0 saturated heterocycles. The van der Waals surface area contributed by atoms with E-state index in [0.717, 1.165) is 40.5 Å². The number of H-pyrrole nitrogens is 1. The van der Waals surface area contributed by atoms with Gasteiger partial charge in [-0.15, -0.1) is 0 Å². The van der Waals surface area contributed by atoms with Gasteiger partial charge in [-0.25, -0.2) is 9.97 Å². The molecule has 1 unspecified atom stereocenters. The molecule has 0 bridgehead atoms. The van der Waals surface area contributed by atoms with E-state index >= 15 is 0 Å². The summed E-state index contributed by atoms with van der Waals surface area (Å²) in [6.07, 6.45) is 2.58. The number of hydrogen-bond acceptors (Lipinski definition) is 5. The predicted molar refractivity (Wildman–Crippen MR) is 94.9 cm³/mol. The van der Waals surface area contributed by atoms with Gasteiger partial charge in [0.1, 0.15) is 0 Å². The number of aromatic nitrogens is 5. The number of nitrogens with zero attached hydrogens (tertiary/aromatic N) is 4. The van der Waals surface area contributed by atoms with E-state index in [2.05, 4.69) is 49.5 Å². The van der Waals surface area contributed by atoms with Crippen molar-refractivity contribution in [1.82, 2.24) is 25.1 Å². The molecule has 0 fully saturated rings. The third kappa shape index (κ3) is 3.76. The number of pyridine rings is 1. The highest BCUT2D eigenvalue weighted by molar-refractivity contribution is 5.62. The second-order valence-corrected chi connectivity index (χ2v) is 6.14. The monoisotopic (exact) mass is 322 g/mol. The summed E-state index contributed by atoms with van der Waals surface area (Å²) in [5, 5.41) is 10.6. The first-order valence-corrected chi connectivity index (χ1v) is 8.06. The summed E-state index contributed by atoms with van der Waals surface area (Å²) in [4.78, 5) is 13.5. The Hall–Kier alpha value is -2.76. The quantitative estimate of drug-likeness (QED) is 0.754. The highest BCUT2D eigenvalue weighted by atomic mass is 15.1. The fourth-order valence-corrected chi connectivity index (χ4v) is 2.70. The SMILES string of the molecule is Cc1ccc(-c2ccnc(NC(C)Cc3cc(C)[nH]n3)n2)c(C)n1. The molecule has 3 aromatic rings. The smallest absolute Gasteiger partial charge is 0.223 e. The number of nitrogens with one attached hydrogen (secondary N) is 2. The van der Waals surface area contributed by atoms with Crippen LogP contribution in [0.3, 0.4) is 0 Å². The standard InChI is InChI=1S/C18H22N6/c1-11-5-6-16(14(4)20-11)17-7-8-19-18(22-17)21-12(2)9-15-10-13(3)23-24-15/h5-8,10,12H,9H2,1-4H3,(H,23,24)(H,19,21,22). The second-order valence-electron chi connectivity index (χ2n) is 6.14. The van der Waals surface area contributed by atoms with E-state index in [-0.39, 0.29) is 6.04 Å². The lowest BCUT2D eigenvalue weighted by molar-refractivity contribution is 0.754. The van der Waals surface area contributed by atoms with Crippen molar-refractivity contribution in [1.29, 1.82) is 0 Å². The molecule has 2 N–H and O–H groups in total. The molecule has 0 saturated carbocycles. The molecule has 0 amide bonds. The molecule has 0 aromatic carbocycles. The average molecular weight is 322 g/mol. The van der Waals surface area contributed by atoms with E-state index in [0.29, 0.717) is 5.95 Å². The first-order valence-electron chi connectivity index (χ1n) is 8.06. The third-order valence-corrected chi connectivity index (χ3v) is 3.81. The largest absolute Gasteiger partial charge is 0.351 e. The van der Waals surface area contributed by atoms with Crippen molar-refractivity contribution >= 4 is 5.95 Å². The first kappa shape index (κ1) is 16.1. The van der Waals surface area contributed by atoms with Crippen LogP contribution in [0.1, 0.15) is 29.7 Å². The van der Waals surface area contributed by atoms with E-state index in [1.807, 2.05) is 32.9 Å². The van der Waals surface area contributed by atoms with E-state index in [1.165, 1.54) is 0 Å². The molecule has 0 aliphatic carbocycles. The fraction of sp³-hybridized carbons (Fsp3) is 0.333. The highest BCUT2D eigenvalue weighted by Gasteiger charge is 2.10. The van der Waals surface area contributed by atoms with Gasteiger partial charge in [0.2, 0.25) is 5.95 Å². The number of anilines is 1. The topological polar surface area (TPSA) is 79.4 Å². The highest BCUT2D eigenvalue weighted by Crippen LogP contribution is 2.21. The van der Waals surface area contributed by atoms with Crippen LogP contribution < -0.4 is 5.32 Å². The van der Waals surface area contributed by atoms with Gasteiger partial charge in [0.25, 0.3) is 0 Å². The Morgan fingerprint density at radius 3 is 2.67 bits per heavy atom. The number of hydrogen-bond donors (Lipinski definition) is 2. The minimum absolute atomic E-state index is 0.181. The number of aryl methyl sites for hydroxylation is 3. The molecule has 6 heteroatoms. The molecule has 0 aliphatic heterocycles. The van der Waals surface area contributed by atoms with Crippen LogP contribution in [0.4, 0.5) is 5.95 Å². The zero-order valence-electron chi connectivity index (χ0n) is 14.5. The van der Waals surface area contributed by atoms with E-state index in [4.69, 9.17) is 0 Å². The summed E-state index contributed by atoms with van der Waals surface area (Å²) in [7, 11) is 0. The van der Waals surface area contributed by atoms with Crippen molar-refractivity contribution in [2.75, 3.05) is 5.32 Å². The van der Waals surface area contributed by atoms with Crippen LogP contribution in [0.25, 0.3) is 11.3 Å². The van der Waals surface area contributed by atoms with Gasteiger partial charge in [-0.2, -0.15) is 5.10 Å². The molecule has 124 valence electrons. The summed E-state index contributed by atoms with van der Waals surface area (Å²) in [5.41, 5.74) is 5.98. The van der Waals surface area contributed by atoms with Crippen molar-refractivity contribution < 1.29 is 0 Å². The molecular formula is C18H22N6. The minimum Gasteiger partial charge on any atom is -0.351 e. The van der Waals surface area contributed by atoms with Gasteiger partial charge >= 0.3 is 0 Å². The van der Waals surface area contributed by atoms with Gasteiger partial charge in [-0.3, -0.25) is 10.1 Å². The molecule has 24 heavy (non-hydrogen) atoms. The van der Waals surface area contributed by atoms with Gasteiger partial charge in [0, 0.05) is 41.3 Å². The minimum atomic E-state index is 0.181. The van der Waals surface area contributed by atoms with Crippen molar-refractivity contribution in [3.63, 3.8) is 0 Å². The lowest BCUT2D eigenvalue weighted by Crippen LogP contribution is -2.20. The van der Waals surface area contributed by atoms with Crippen molar-refractivity contribution in [3.05, 3.63) is 53.2 Å². The molecule has 3 rings (SSSR count). The second kappa shape index (κ2) is 6.78. The Labute approximate surface area is 141 Å². The van der Waals surface area contributed by atoms with Gasteiger partial charge < -0.3 is 5.32 Å². The molecule has 3 aromatic heterocycles. The fourth-order valence-electron chi connectivity index (χ4n) is 2.70. The van der Waals surface area contributed by atoms with Crippen LogP contribution in [0.2, 0.25) is 0 Å². The molecular weight excluding hydrogens is 300 g/mol. The Balaban J connectivity index is 1.75. The van der Waals surface area contributed by atoms with E-state index in [1.54, 1.807) is 6.20 Å². The normalized spacial score (nSPS) is 12.2. The van der Waals surface area contributed by atoms with Crippen LogP contribution in [0.15, 0.2) is 30.5 Å². The molecule has 1 atom stereocenters. The lowest BCUT2D eigenvalue weighted by Gasteiger charge is -2.13. The molecule has 0 aliphatic rings. The zero-order valence-corrected chi connectivity index (χ0v) is 14.5. The third-order valence-electron chi connectivity index (χ3n) is 3.81. The lowest BCUT2D eigenvalue weighted by atomic mass is 10.1. The van der Waals surface area contributed by atoms with Crippen LogP contribution in [0, 0.1) is 20.8 Å². The van der Waals surface area contributed by atoms with Crippen LogP contribution >= 0.6 is 0 Å². The molecule has 0 radical (unpaired) electrons. The maximum atomic E-state index is 4.63. The van der Waals surface area contributed by atoms with Gasteiger partial charge in [-0.05, 0) is 52.0 Å². The van der Waals surface area contributed by atoms with Crippen molar-refractivity contribution in [2.45, 2.75) is 40.2 Å². The number of rotatable bonds is 5. The van der Waals surface area contributed by atoms with Crippen LogP contribution in [-0.4, -0.2) is 31.2 Å². The number of aromatic amines is 1. The predicted octanol–water partition coefficient (Wildman–Crippen LogP) is 3.23. The molecule has 3 heterocycles. The Morgan fingerprint density at radius 1 is 1.12 bits per heavy atom. The first-order chi connectivity index (χ1) is 11.5. The summed E-state index contributed by atoms with van der Waals surface area (Å²) >= 11 is 0. The van der Waals surface area contributed by atoms with Crippen LogP contribution in [-0.2, 0) is 6.42 Å². The average Bonchev–Trinajstić information content (AvgIpc) is 2.92. The van der Waals surface area contributed by atoms with Crippen molar-refractivity contribution in [3.8, 4) is 11.3 Å². The molecule has 6 nitrogen and oxygen atoms in total. The summed E-state index contributed by atoms with van der Waals surface area (Å²) in [6.45, 7) is 8.08. The Morgan fingerprint density at radius 2 is 1.96 bits per heavy atom. The van der Waals surface area contributed by atoms with E-state index < -0.39 is 0 Å². The zero-order chi connectivity index (χ0) is 17.1. The maximum absolute atomic E-state index is 4.63. The summed E-state index contributed by atoms with van der Waals surface area (Å²) in [5.74, 6) is 0.618. The summed E-state index contributed by atoms with van der Waals surface area (Å²) < 4.78 is 0. The molecule has 0 spiro atoms. The maximum Gasteiger partial charge on any atom is 0.223 e. The van der Waals surface area contributed by atoms with Gasteiger partial charge in [0.05, 0.1) is 11.4 Å². The Bertz CT molecular complexity index is 839.